The van der Waals surface area contributed by atoms with E-state index >= 15 is 0 Å². The molecule has 0 N–H and O–H groups in total. The summed E-state index contributed by atoms with van der Waals surface area (Å²) in [6.07, 6.45) is 8.88. The summed E-state index contributed by atoms with van der Waals surface area (Å²) in [5.41, 5.74) is 3.94. The lowest BCUT2D eigenvalue weighted by molar-refractivity contribution is 0.191. The van der Waals surface area contributed by atoms with Crippen molar-refractivity contribution in [3.63, 3.8) is 0 Å². The molecule has 140 valence electrons. The Bertz CT molecular complexity index is 727. The van der Waals surface area contributed by atoms with Crippen LogP contribution in [0.25, 0.3) is 0 Å². The molecule has 0 unspecified atom stereocenters. The third kappa shape index (κ3) is 4.89. The van der Waals surface area contributed by atoms with Crippen molar-refractivity contribution >= 4 is 17.3 Å². The predicted molar refractivity (Wildman–Crippen MR) is 110 cm³/mol. The maximum atomic E-state index is 5.98. The highest BCUT2D eigenvalue weighted by Gasteiger charge is 2.21. The van der Waals surface area contributed by atoms with Crippen LogP contribution < -0.4 is 4.90 Å². The summed E-state index contributed by atoms with van der Waals surface area (Å²) in [6.45, 7) is 8.64. The fourth-order valence-electron chi connectivity index (χ4n) is 3.63. The Hall–Kier alpha value is -1.78. The van der Waals surface area contributed by atoms with E-state index in [1.807, 2.05) is 23.0 Å². The molecular weight excluding hydrogens is 344 g/mol. The van der Waals surface area contributed by atoms with E-state index in [-0.39, 0.29) is 0 Å². The van der Waals surface area contributed by atoms with E-state index < -0.39 is 0 Å². The van der Waals surface area contributed by atoms with Crippen LogP contribution in [0.5, 0.6) is 0 Å². The van der Waals surface area contributed by atoms with Crippen LogP contribution in [-0.2, 0) is 13.1 Å². The maximum absolute atomic E-state index is 5.98. The van der Waals surface area contributed by atoms with Crippen LogP contribution in [0.2, 0.25) is 5.02 Å². The lowest BCUT2D eigenvalue weighted by Gasteiger charge is -2.32. The molecular formula is C21H29ClN4. The zero-order valence-electron chi connectivity index (χ0n) is 16.0. The summed E-state index contributed by atoms with van der Waals surface area (Å²) in [4.78, 5) is 4.74. The van der Waals surface area contributed by atoms with Crippen LogP contribution in [-0.4, -0.2) is 34.8 Å². The Morgan fingerprint density at radius 1 is 1.27 bits per heavy atom. The van der Waals surface area contributed by atoms with Crippen LogP contribution in [0.15, 0.2) is 48.4 Å². The summed E-state index contributed by atoms with van der Waals surface area (Å²) in [5, 5.41) is 5.15. The quantitative estimate of drug-likeness (QED) is 0.727. The first-order valence-electron chi connectivity index (χ1n) is 9.45. The van der Waals surface area contributed by atoms with Gasteiger partial charge in [0.1, 0.15) is 0 Å². The minimum absolute atomic E-state index is 0.666. The zero-order valence-corrected chi connectivity index (χ0v) is 16.8. The molecule has 0 aliphatic carbocycles. The van der Waals surface area contributed by atoms with E-state index in [0.29, 0.717) is 5.92 Å². The molecule has 4 nitrogen and oxygen atoms in total. The monoisotopic (exact) mass is 372 g/mol. The Balaban J connectivity index is 1.52. The third-order valence-electron chi connectivity index (χ3n) is 5.28. The van der Waals surface area contributed by atoms with Crippen molar-refractivity contribution in [3.8, 4) is 0 Å². The molecule has 0 radical (unpaired) electrons. The number of halogens is 1. The largest absolute Gasteiger partial charge is 0.351 e. The van der Waals surface area contributed by atoms with E-state index in [1.165, 1.54) is 29.7 Å². The van der Waals surface area contributed by atoms with Crippen molar-refractivity contribution in [2.75, 3.05) is 25.0 Å². The summed E-state index contributed by atoms with van der Waals surface area (Å²) in [6, 6.07) is 8.00. The fraction of sp³-hybridized carbons (Fsp3) is 0.476. The predicted octanol–water partition coefficient (Wildman–Crippen LogP) is 4.81. The second-order valence-corrected chi connectivity index (χ2v) is 7.65. The minimum atomic E-state index is 0.666. The van der Waals surface area contributed by atoms with Crippen molar-refractivity contribution in [1.29, 1.82) is 0 Å². The molecule has 1 aliphatic rings. The lowest BCUT2D eigenvalue weighted by atomic mass is 9.90. The molecule has 2 heterocycles. The van der Waals surface area contributed by atoms with Gasteiger partial charge in [0.15, 0.2) is 0 Å². The van der Waals surface area contributed by atoms with Crippen molar-refractivity contribution < 1.29 is 0 Å². The van der Waals surface area contributed by atoms with Gasteiger partial charge < -0.3 is 4.90 Å². The summed E-state index contributed by atoms with van der Waals surface area (Å²) < 4.78 is 2.00. The molecule has 1 aromatic carbocycles. The minimum Gasteiger partial charge on any atom is -0.351 e. The van der Waals surface area contributed by atoms with Gasteiger partial charge in [-0.3, -0.25) is 9.58 Å². The molecule has 2 aromatic rings. The van der Waals surface area contributed by atoms with Gasteiger partial charge >= 0.3 is 0 Å². The van der Waals surface area contributed by atoms with Crippen LogP contribution in [0.4, 0.5) is 5.69 Å². The maximum Gasteiger partial charge on any atom is 0.0534 e. The summed E-state index contributed by atoms with van der Waals surface area (Å²) in [5.74, 6) is 0.666. The standard InChI is InChI=1S/C21H29ClN4/c1-4-26-16-18(13-23-26)15-25-11-9-19(10-12-25)17(2)14-24(3)21-7-5-20(22)6-8-21/h5-8,13-14,16,19H,4,9-12,15H2,1-3H3/b17-14+. The van der Waals surface area contributed by atoms with Gasteiger partial charge in [0.05, 0.1) is 6.20 Å². The second kappa shape index (κ2) is 8.74. The summed E-state index contributed by atoms with van der Waals surface area (Å²) in [7, 11) is 2.10. The lowest BCUT2D eigenvalue weighted by Crippen LogP contribution is -2.33. The molecule has 1 fully saturated rings. The average Bonchev–Trinajstić information content (AvgIpc) is 3.10. The number of hydrogen-bond donors (Lipinski definition) is 0. The first-order valence-corrected chi connectivity index (χ1v) is 9.83. The van der Waals surface area contributed by atoms with Crippen LogP contribution in [0, 0.1) is 5.92 Å². The number of aromatic nitrogens is 2. The molecule has 0 saturated carbocycles. The van der Waals surface area contributed by atoms with Gasteiger partial charge in [-0.2, -0.15) is 5.10 Å². The Morgan fingerprint density at radius 2 is 1.96 bits per heavy atom. The number of likely N-dealkylation sites (tertiary alicyclic amines) is 1. The van der Waals surface area contributed by atoms with E-state index in [9.17, 15) is 0 Å². The molecule has 0 amide bonds. The number of benzene rings is 1. The smallest absolute Gasteiger partial charge is 0.0534 e. The highest BCUT2D eigenvalue weighted by molar-refractivity contribution is 6.30. The summed E-state index contributed by atoms with van der Waals surface area (Å²) >= 11 is 5.98. The molecule has 0 bridgehead atoms. The Labute approximate surface area is 162 Å². The normalized spacial score (nSPS) is 16.8. The highest BCUT2D eigenvalue weighted by Crippen LogP contribution is 2.26. The third-order valence-corrected chi connectivity index (χ3v) is 5.53. The van der Waals surface area contributed by atoms with E-state index in [1.54, 1.807) is 0 Å². The molecule has 1 aromatic heterocycles. The number of allylic oxidation sites excluding steroid dienone is 1. The number of hydrogen-bond acceptors (Lipinski definition) is 3. The molecule has 1 saturated heterocycles. The van der Waals surface area contributed by atoms with E-state index in [0.717, 1.165) is 31.2 Å². The van der Waals surface area contributed by atoms with Crippen molar-refractivity contribution in [2.24, 2.45) is 5.92 Å². The Morgan fingerprint density at radius 3 is 2.58 bits per heavy atom. The van der Waals surface area contributed by atoms with Gasteiger partial charge in [0.2, 0.25) is 0 Å². The van der Waals surface area contributed by atoms with Crippen LogP contribution in [0.3, 0.4) is 0 Å². The van der Waals surface area contributed by atoms with E-state index in [2.05, 4.69) is 60.3 Å². The van der Waals surface area contributed by atoms with Gasteiger partial charge in [-0.1, -0.05) is 17.2 Å². The number of aryl methyl sites for hydroxylation is 1. The number of rotatable bonds is 6. The van der Waals surface area contributed by atoms with Gasteiger partial charge in [-0.15, -0.1) is 0 Å². The number of anilines is 1. The molecule has 5 heteroatoms. The number of nitrogens with zero attached hydrogens (tertiary/aromatic N) is 4. The van der Waals surface area contributed by atoms with Crippen molar-refractivity contribution in [3.05, 3.63) is 59.0 Å². The van der Waals surface area contributed by atoms with E-state index in [4.69, 9.17) is 11.6 Å². The molecule has 1 aliphatic heterocycles. The second-order valence-electron chi connectivity index (χ2n) is 7.22. The molecule has 3 rings (SSSR count). The van der Waals surface area contributed by atoms with Gasteiger partial charge in [-0.25, -0.2) is 0 Å². The SMILES string of the molecule is CCn1cc(CN2CCC(/C(C)=C/N(C)c3ccc(Cl)cc3)CC2)cn1. The molecule has 0 atom stereocenters. The first kappa shape index (κ1) is 19.0. The van der Waals surface area contributed by atoms with Gasteiger partial charge in [0, 0.05) is 48.8 Å². The van der Waals surface area contributed by atoms with Crippen LogP contribution >= 0.6 is 11.6 Å². The number of piperidine rings is 1. The average molecular weight is 373 g/mol. The van der Waals surface area contributed by atoms with Crippen molar-refractivity contribution in [2.45, 2.75) is 39.8 Å². The van der Waals surface area contributed by atoms with Crippen molar-refractivity contribution in [1.82, 2.24) is 14.7 Å². The van der Waals surface area contributed by atoms with Gasteiger partial charge in [0.25, 0.3) is 0 Å². The fourth-order valence-corrected chi connectivity index (χ4v) is 3.75. The highest BCUT2D eigenvalue weighted by atomic mass is 35.5. The topological polar surface area (TPSA) is 24.3 Å². The van der Waals surface area contributed by atoms with Crippen LogP contribution in [0.1, 0.15) is 32.3 Å². The molecule has 26 heavy (non-hydrogen) atoms. The molecule has 0 spiro atoms. The van der Waals surface area contributed by atoms with Gasteiger partial charge in [-0.05, 0) is 70.0 Å². The zero-order chi connectivity index (χ0) is 18.5. The Kier molecular flexibility index (Phi) is 6.38. The first-order chi connectivity index (χ1) is 12.5.